The molecule has 0 bridgehead atoms. The minimum atomic E-state index is -0.658. The Morgan fingerprint density at radius 3 is 2.79 bits per heavy atom. The van der Waals surface area contributed by atoms with Crippen molar-refractivity contribution in [2.75, 3.05) is 13.7 Å². The van der Waals surface area contributed by atoms with Gasteiger partial charge in [0.15, 0.2) is 0 Å². The van der Waals surface area contributed by atoms with E-state index >= 15 is 0 Å². The number of rotatable bonds is 6. The van der Waals surface area contributed by atoms with Crippen LogP contribution in [0.25, 0.3) is 0 Å². The highest BCUT2D eigenvalue weighted by Crippen LogP contribution is 2.27. The van der Waals surface area contributed by atoms with E-state index < -0.39 is 10.5 Å². The van der Waals surface area contributed by atoms with Crippen molar-refractivity contribution in [1.29, 1.82) is 5.26 Å². The van der Waals surface area contributed by atoms with Crippen molar-refractivity contribution < 1.29 is 9.66 Å². The highest BCUT2D eigenvalue weighted by atomic mass is 16.6. The van der Waals surface area contributed by atoms with E-state index in [1.165, 1.54) is 6.07 Å². The number of hydrogen-bond acceptors (Lipinski definition) is 5. The van der Waals surface area contributed by atoms with Crippen LogP contribution in [0, 0.1) is 28.4 Å². The Hall–Kier alpha value is -2.13. The zero-order valence-electron chi connectivity index (χ0n) is 11.3. The second-order valence-corrected chi connectivity index (χ2v) is 4.45. The molecule has 0 fully saturated rings. The lowest BCUT2D eigenvalue weighted by molar-refractivity contribution is -0.385. The van der Waals surface area contributed by atoms with Crippen molar-refractivity contribution in [2.45, 2.75) is 25.8 Å². The van der Waals surface area contributed by atoms with E-state index in [9.17, 15) is 10.1 Å². The van der Waals surface area contributed by atoms with Gasteiger partial charge in [0.2, 0.25) is 0 Å². The van der Waals surface area contributed by atoms with Crippen molar-refractivity contribution in [2.24, 2.45) is 0 Å². The summed E-state index contributed by atoms with van der Waals surface area (Å²) in [5.41, 5.74) is -0.126. The molecule has 0 saturated heterocycles. The zero-order valence-corrected chi connectivity index (χ0v) is 11.3. The van der Waals surface area contributed by atoms with Crippen molar-refractivity contribution in [3.05, 3.63) is 33.9 Å². The third kappa shape index (κ3) is 3.66. The van der Waals surface area contributed by atoms with Crippen LogP contribution in [-0.2, 0) is 0 Å². The third-order valence-corrected chi connectivity index (χ3v) is 3.11. The fourth-order valence-corrected chi connectivity index (χ4v) is 1.56. The summed E-state index contributed by atoms with van der Waals surface area (Å²) in [6, 6.07) is 6.87. The molecule has 0 amide bonds. The van der Waals surface area contributed by atoms with Gasteiger partial charge in [-0.3, -0.25) is 10.1 Å². The topological polar surface area (TPSA) is 88.2 Å². The first kappa shape index (κ1) is 14.9. The number of nitrogens with zero attached hydrogens (tertiary/aromatic N) is 2. The molecule has 1 N–H and O–H groups in total. The summed E-state index contributed by atoms with van der Waals surface area (Å²) < 4.78 is 5.53. The van der Waals surface area contributed by atoms with Gasteiger partial charge in [0.05, 0.1) is 23.2 Å². The summed E-state index contributed by atoms with van der Waals surface area (Å²) in [6.45, 7) is 3.73. The van der Waals surface area contributed by atoms with E-state index in [2.05, 4.69) is 11.4 Å². The molecule has 0 aliphatic heterocycles. The first-order chi connectivity index (χ1) is 8.93. The van der Waals surface area contributed by atoms with Gasteiger partial charge >= 0.3 is 0 Å². The smallest absolute Gasteiger partial charge is 0.276 e. The number of nitro benzene ring substituents is 1. The summed E-state index contributed by atoms with van der Waals surface area (Å²) in [6.07, 6.45) is 0.488. The average Bonchev–Trinajstić information content (AvgIpc) is 2.40. The molecule has 1 atom stereocenters. The van der Waals surface area contributed by atoms with E-state index in [0.717, 1.165) is 0 Å². The number of nitriles is 1. The predicted octanol–water partition coefficient (Wildman–Crippen LogP) is 2.17. The van der Waals surface area contributed by atoms with E-state index in [4.69, 9.17) is 10.00 Å². The number of ether oxygens (including phenoxy) is 1. The molecule has 1 unspecified atom stereocenters. The minimum Gasteiger partial charge on any atom is -0.493 e. The van der Waals surface area contributed by atoms with Crippen molar-refractivity contribution in [1.82, 2.24) is 5.32 Å². The molecule has 0 aromatic heterocycles. The highest BCUT2D eigenvalue weighted by molar-refractivity contribution is 5.48. The lowest BCUT2D eigenvalue weighted by Crippen LogP contribution is -2.39. The molecule has 0 aliphatic carbocycles. The van der Waals surface area contributed by atoms with Gasteiger partial charge in [-0.05, 0) is 27.0 Å². The molecule has 6 heteroatoms. The Balaban J connectivity index is 2.72. The molecule has 6 nitrogen and oxygen atoms in total. The number of nitro groups is 1. The summed E-state index contributed by atoms with van der Waals surface area (Å²) in [5.74, 6) is 0.477. The van der Waals surface area contributed by atoms with Crippen LogP contribution in [0.3, 0.4) is 0 Å². The van der Waals surface area contributed by atoms with Crippen LogP contribution >= 0.6 is 0 Å². The standard InChI is InChI=1S/C13H17N3O3/c1-10-11(16(17)18)5-4-6-12(10)19-8-7-13(2,9-14)15-3/h4-6,15H,7-8H2,1-3H3. The van der Waals surface area contributed by atoms with Gasteiger partial charge in [-0.25, -0.2) is 0 Å². The van der Waals surface area contributed by atoms with Crippen LogP contribution in [0.5, 0.6) is 5.75 Å². The van der Waals surface area contributed by atoms with E-state index in [-0.39, 0.29) is 5.69 Å². The molecule has 0 heterocycles. The van der Waals surface area contributed by atoms with E-state index in [0.29, 0.717) is 24.3 Å². The molecule has 0 radical (unpaired) electrons. The summed E-state index contributed by atoms with van der Waals surface area (Å²) in [4.78, 5) is 10.4. The number of nitrogens with one attached hydrogen (secondary N) is 1. The maximum atomic E-state index is 10.8. The molecule has 0 aliphatic rings. The van der Waals surface area contributed by atoms with Crippen molar-refractivity contribution in [3.63, 3.8) is 0 Å². The monoisotopic (exact) mass is 263 g/mol. The Morgan fingerprint density at radius 1 is 1.58 bits per heavy atom. The lowest BCUT2D eigenvalue weighted by Gasteiger charge is -2.20. The van der Waals surface area contributed by atoms with Crippen molar-refractivity contribution >= 4 is 5.69 Å². The second-order valence-electron chi connectivity index (χ2n) is 4.45. The van der Waals surface area contributed by atoms with Crippen LogP contribution in [0.1, 0.15) is 18.9 Å². The largest absolute Gasteiger partial charge is 0.493 e. The molecular formula is C13H17N3O3. The molecule has 0 saturated carbocycles. The predicted molar refractivity (Wildman–Crippen MR) is 71.0 cm³/mol. The fourth-order valence-electron chi connectivity index (χ4n) is 1.56. The Kier molecular flexibility index (Phi) is 4.84. The van der Waals surface area contributed by atoms with E-state index in [1.54, 1.807) is 33.0 Å². The molecule has 19 heavy (non-hydrogen) atoms. The summed E-state index contributed by atoms with van der Waals surface area (Å²) in [7, 11) is 1.71. The Morgan fingerprint density at radius 2 is 2.26 bits per heavy atom. The molecule has 102 valence electrons. The van der Waals surface area contributed by atoms with Gasteiger partial charge < -0.3 is 10.1 Å². The lowest BCUT2D eigenvalue weighted by atomic mass is 10.0. The molecular weight excluding hydrogens is 246 g/mol. The summed E-state index contributed by atoms with van der Waals surface area (Å²) in [5, 5.41) is 22.7. The van der Waals surface area contributed by atoms with Gasteiger partial charge in [-0.15, -0.1) is 0 Å². The summed E-state index contributed by atoms with van der Waals surface area (Å²) >= 11 is 0. The molecule has 1 aromatic carbocycles. The minimum absolute atomic E-state index is 0.0363. The van der Waals surface area contributed by atoms with Crippen LogP contribution in [-0.4, -0.2) is 24.1 Å². The average molecular weight is 263 g/mol. The molecule has 0 spiro atoms. The second kappa shape index (κ2) is 6.16. The van der Waals surface area contributed by atoms with E-state index in [1.807, 2.05) is 0 Å². The van der Waals surface area contributed by atoms with Gasteiger partial charge in [-0.1, -0.05) is 6.07 Å². The maximum absolute atomic E-state index is 10.8. The van der Waals surface area contributed by atoms with Crippen LogP contribution in [0.4, 0.5) is 5.69 Å². The fraction of sp³-hybridized carbons (Fsp3) is 0.462. The third-order valence-electron chi connectivity index (χ3n) is 3.11. The first-order valence-electron chi connectivity index (χ1n) is 5.90. The first-order valence-corrected chi connectivity index (χ1v) is 5.90. The van der Waals surface area contributed by atoms with Crippen molar-refractivity contribution in [3.8, 4) is 11.8 Å². The van der Waals surface area contributed by atoms with Gasteiger partial charge in [0.25, 0.3) is 5.69 Å². The maximum Gasteiger partial charge on any atom is 0.276 e. The number of hydrogen-bond donors (Lipinski definition) is 1. The Bertz CT molecular complexity index is 510. The Labute approximate surface area is 112 Å². The molecule has 1 aromatic rings. The van der Waals surface area contributed by atoms with Crippen LogP contribution in [0.15, 0.2) is 18.2 Å². The van der Waals surface area contributed by atoms with Gasteiger partial charge in [0, 0.05) is 12.5 Å². The normalized spacial score (nSPS) is 13.4. The van der Waals surface area contributed by atoms with Crippen LogP contribution in [0.2, 0.25) is 0 Å². The number of benzene rings is 1. The zero-order chi connectivity index (χ0) is 14.5. The molecule has 1 rings (SSSR count). The van der Waals surface area contributed by atoms with Gasteiger partial charge in [-0.2, -0.15) is 5.26 Å². The van der Waals surface area contributed by atoms with Crippen LogP contribution < -0.4 is 10.1 Å². The quantitative estimate of drug-likeness (QED) is 0.627. The van der Waals surface area contributed by atoms with Gasteiger partial charge in [0.1, 0.15) is 11.3 Å². The SMILES string of the molecule is CNC(C)(C#N)CCOc1cccc([N+](=O)[O-])c1C. The highest BCUT2D eigenvalue weighted by Gasteiger charge is 2.21.